The molecule has 0 atom stereocenters. The van der Waals surface area contributed by atoms with Crippen LogP contribution in [0.3, 0.4) is 0 Å². The van der Waals surface area contributed by atoms with Crippen LogP contribution in [-0.4, -0.2) is 3.96 Å². The zero-order valence-electron chi connectivity index (χ0n) is 7.87. The number of rotatable bonds is 0. The molecule has 2 heterocycles. The van der Waals surface area contributed by atoms with E-state index in [0.717, 1.165) is 15.8 Å². The van der Waals surface area contributed by atoms with E-state index < -0.39 is 0 Å². The van der Waals surface area contributed by atoms with Gasteiger partial charge in [-0.25, -0.2) is 4.57 Å². The maximum atomic E-state index is 11.6. The Morgan fingerprint density at radius 2 is 2.23 bits per heavy atom. The highest BCUT2D eigenvalue weighted by Crippen LogP contribution is 2.13. The lowest BCUT2D eigenvalue weighted by Crippen LogP contribution is -2.31. The summed E-state index contributed by atoms with van der Waals surface area (Å²) in [6.07, 6.45) is 2.00. The first-order chi connectivity index (χ1) is 6.09. The van der Waals surface area contributed by atoms with Crippen LogP contribution in [0, 0.1) is 6.92 Å². The highest BCUT2D eigenvalue weighted by atomic mass is 32.1. The van der Waals surface area contributed by atoms with E-state index in [1.54, 1.807) is 11.0 Å². The Kier molecular flexibility index (Phi) is 1.73. The van der Waals surface area contributed by atoms with Crippen LogP contribution in [0.1, 0.15) is 5.69 Å². The molecule has 0 aliphatic carbocycles. The second kappa shape index (κ2) is 2.67. The molecule has 0 amide bonds. The predicted molar refractivity (Wildman–Crippen MR) is 53.0 cm³/mol. The molecule has 0 aromatic carbocycles. The molecule has 13 heavy (non-hydrogen) atoms. The van der Waals surface area contributed by atoms with Gasteiger partial charge < -0.3 is 0 Å². The molecule has 68 valence electrons. The van der Waals surface area contributed by atoms with Crippen LogP contribution in [0.15, 0.2) is 17.1 Å². The zero-order valence-corrected chi connectivity index (χ0v) is 8.68. The normalized spacial score (nSPS) is 11.0. The molecular weight excluding hydrogens is 184 g/mol. The van der Waals surface area contributed by atoms with Crippen molar-refractivity contribution in [2.75, 3.05) is 0 Å². The highest BCUT2D eigenvalue weighted by molar-refractivity contribution is 7.13. The van der Waals surface area contributed by atoms with Crippen molar-refractivity contribution in [3.05, 3.63) is 28.3 Å². The Labute approximate surface area is 80.0 Å². The molecule has 2 rings (SSSR count). The largest absolute Gasteiger partial charge is 0.268 e. The number of aromatic nitrogens is 2. The molecule has 3 nitrogen and oxygen atoms in total. The molecule has 0 fully saturated rings. The molecule has 0 radical (unpaired) electrons. The molecular formula is C9H11N2OS+. The van der Waals surface area contributed by atoms with Gasteiger partial charge in [-0.3, -0.25) is 8.75 Å². The Balaban J connectivity index is 2.97. The van der Waals surface area contributed by atoms with Gasteiger partial charge in [0.25, 0.3) is 5.56 Å². The molecule has 0 saturated carbocycles. The van der Waals surface area contributed by atoms with Gasteiger partial charge in [0.1, 0.15) is 11.7 Å². The van der Waals surface area contributed by atoms with E-state index in [9.17, 15) is 4.79 Å². The van der Waals surface area contributed by atoms with E-state index in [1.807, 2.05) is 30.8 Å². The third-order valence-electron chi connectivity index (χ3n) is 2.24. The molecule has 0 spiro atoms. The van der Waals surface area contributed by atoms with Crippen molar-refractivity contribution in [3.8, 4) is 0 Å². The third-order valence-corrected chi connectivity index (χ3v) is 3.20. The molecule has 0 saturated heterocycles. The Hall–Kier alpha value is -1.16. The van der Waals surface area contributed by atoms with Gasteiger partial charge in [-0.15, -0.1) is 0 Å². The SMILES string of the molecule is Cc1cc2c(=O)n(C)sc2c[n+]1C. The van der Waals surface area contributed by atoms with Crippen LogP contribution < -0.4 is 10.1 Å². The first-order valence-corrected chi connectivity index (χ1v) is 4.83. The second-order valence-corrected chi connectivity index (χ2v) is 4.37. The molecule has 0 aliphatic heterocycles. The fourth-order valence-corrected chi connectivity index (χ4v) is 2.25. The van der Waals surface area contributed by atoms with Crippen molar-refractivity contribution in [2.45, 2.75) is 6.92 Å². The van der Waals surface area contributed by atoms with Gasteiger partial charge in [0.2, 0.25) is 0 Å². The second-order valence-electron chi connectivity index (χ2n) is 3.20. The van der Waals surface area contributed by atoms with Crippen LogP contribution in [0.5, 0.6) is 0 Å². The summed E-state index contributed by atoms with van der Waals surface area (Å²) in [6, 6.07) is 1.94. The van der Waals surface area contributed by atoms with Gasteiger partial charge in [0, 0.05) is 20.0 Å². The average Bonchev–Trinajstić information content (AvgIpc) is 2.32. The van der Waals surface area contributed by atoms with Crippen molar-refractivity contribution in [1.82, 2.24) is 3.96 Å². The van der Waals surface area contributed by atoms with Gasteiger partial charge in [-0.2, -0.15) is 0 Å². The van der Waals surface area contributed by atoms with E-state index in [1.165, 1.54) is 11.5 Å². The molecule has 0 bridgehead atoms. The molecule has 4 heteroatoms. The summed E-state index contributed by atoms with van der Waals surface area (Å²) >= 11 is 1.48. The molecule has 0 aliphatic rings. The summed E-state index contributed by atoms with van der Waals surface area (Å²) in [7, 11) is 3.78. The first-order valence-electron chi connectivity index (χ1n) is 4.06. The van der Waals surface area contributed by atoms with Crippen molar-refractivity contribution < 1.29 is 4.57 Å². The van der Waals surface area contributed by atoms with Gasteiger partial charge in [-0.1, -0.05) is 0 Å². The minimum atomic E-state index is 0.101. The maximum absolute atomic E-state index is 11.6. The topological polar surface area (TPSA) is 25.9 Å². The summed E-state index contributed by atoms with van der Waals surface area (Å²) in [6.45, 7) is 2.00. The van der Waals surface area contributed by atoms with Crippen molar-refractivity contribution in [1.29, 1.82) is 0 Å². The quantitative estimate of drug-likeness (QED) is 0.569. The Morgan fingerprint density at radius 3 is 2.92 bits per heavy atom. The Bertz CT molecular complexity index is 524. The number of hydrogen-bond acceptors (Lipinski definition) is 2. The monoisotopic (exact) mass is 195 g/mol. The zero-order chi connectivity index (χ0) is 9.59. The summed E-state index contributed by atoms with van der Waals surface area (Å²) in [4.78, 5) is 11.6. The number of nitrogens with zero attached hydrogens (tertiary/aromatic N) is 2. The van der Waals surface area contributed by atoms with E-state index in [2.05, 4.69) is 0 Å². The molecule has 0 N–H and O–H groups in total. The fourth-order valence-electron chi connectivity index (χ4n) is 1.33. The standard InChI is InChI=1S/C9H11N2OS/c1-6-4-7-8(5-10(6)2)13-11(3)9(7)12/h4-5H,1-3H3/q+1. The fraction of sp³-hybridized carbons (Fsp3) is 0.333. The van der Waals surface area contributed by atoms with Gasteiger partial charge in [0.05, 0.1) is 5.39 Å². The van der Waals surface area contributed by atoms with Crippen molar-refractivity contribution in [2.24, 2.45) is 14.1 Å². The third kappa shape index (κ3) is 1.18. The van der Waals surface area contributed by atoms with Crippen LogP contribution in [0.25, 0.3) is 10.1 Å². The number of fused-ring (bicyclic) bond motifs is 1. The van der Waals surface area contributed by atoms with Crippen LogP contribution in [-0.2, 0) is 14.1 Å². The lowest BCUT2D eigenvalue weighted by Gasteiger charge is -1.90. The number of aryl methyl sites for hydroxylation is 3. The smallest absolute Gasteiger partial charge is 0.268 e. The predicted octanol–water partition coefficient (Wildman–Crippen LogP) is 0.733. The molecule has 2 aromatic heterocycles. The van der Waals surface area contributed by atoms with E-state index in [0.29, 0.717) is 0 Å². The lowest BCUT2D eigenvalue weighted by atomic mass is 10.3. The maximum Gasteiger partial charge on any atom is 0.268 e. The van der Waals surface area contributed by atoms with Crippen molar-refractivity contribution >= 4 is 21.6 Å². The lowest BCUT2D eigenvalue weighted by molar-refractivity contribution is -0.676. The van der Waals surface area contributed by atoms with Crippen molar-refractivity contribution in [3.63, 3.8) is 0 Å². The summed E-state index contributed by atoms with van der Waals surface area (Å²) in [5.41, 5.74) is 1.20. The first kappa shape index (κ1) is 8.44. The van der Waals surface area contributed by atoms with Crippen LogP contribution >= 0.6 is 11.5 Å². The molecule has 0 unspecified atom stereocenters. The van der Waals surface area contributed by atoms with E-state index >= 15 is 0 Å². The van der Waals surface area contributed by atoms with E-state index in [4.69, 9.17) is 0 Å². The average molecular weight is 195 g/mol. The minimum Gasteiger partial charge on any atom is -0.268 e. The summed E-state index contributed by atoms with van der Waals surface area (Å²) < 4.78 is 4.73. The van der Waals surface area contributed by atoms with Crippen LogP contribution in [0.4, 0.5) is 0 Å². The highest BCUT2D eigenvalue weighted by Gasteiger charge is 2.10. The Morgan fingerprint density at radius 1 is 1.54 bits per heavy atom. The molecule has 2 aromatic rings. The summed E-state index contributed by atoms with van der Waals surface area (Å²) in [5.74, 6) is 0. The van der Waals surface area contributed by atoms with Gasteiger partial charge in [0.15, 0.2) is 11.9 Å². The van der Waals surface area contributed by atoms with Gasteiger partial charge in [-0.05, 0) is 11.5 Å². The van der Waals surface area contributed by atoms with Gasteiger partial charge >= 0.3 is 0 Å². The minimum absolute atomic E-state index is 0.101. The summed E-state index contributed by atoms with van der Waals surface area (Å²) in [5, 5.41) is 0.822. The number of pyridine rings is 1. The van der Waals surface area contributed by atoms with E-state index in [-0.39, 0.29) is 5.56 Å². The number of hydrogen-bond donors (Lipinski definition) is 0. The van der Waals surface area contributed by atoms with Crippen LogP contribution in [0.2, 0.25) is 0 Å².